The van der Waals surface area contributed by atoms with Crippen molar-refractivity contribution in [2.24, 2.45) is 5.92 Å². The third kappa shape index (κ3) is 3.55. The van der Waals surface area contributed by atoms with E-state index in [0.717, 1.165) is 12.0 Å². The van der Waals surface area contributed by atoms with Crippen molar-refractivity contribution in [2.75, 3.05) is 6.61 Å². The van der Waals surface area contributed by atoms with Crippen LogP contribution in [0.5, 0.6) is 0 Å². The van der Waals surface area contributed by atoms with E-state index in [4.69, 9.17) is 0 Å². The van der Waals surface area contributed by atoms with E-state index in [1.54, 1.807) is 0 Å². The van der Waals surface area contributed by atoms with Crippen LogP contribution in [-0.2, 0) is 11.2 Å². The number of carbonyl (C=O) groups is 1. The fraction of sp³-hybridized carbons (Fsp3) is 0.316. The van der Waals surface area contributed by atoms with Crippen molar-refractivity contribution >= 4 is 5.91 Å². The second-order valence-corrected chi connectivity index (χ2v) is 5.94. The normalized spacial score (nSPS) is 21.1. The van der Waals surface area contributed by atoms with Gasteiger partial charge in [-0.1, -0.05) is 60.7 Å². The van der Waals surface area contributed by atoms with E-state index in [1.807, 2.05) is 48.5 Å². The number of aliphatic hydroxyl groups is 1. The topological polar surface area (TPSA) is 49.3 Å². The molecule has 114 valence electrons. The summed E-state index contributed by atoms with van der Waals surface area (Å²) in [5.74, 6) is 0.438. The largest absolute Gasteiger partial charge is 0.394 e. The molecular weight excluding hydrogens is 274 g/mol. The van der Waals surface area contributed by atoms with Gasteiger partial charge in [0, 0.05) is 5.92 Å². The van der Waals surface area contributed by atoms with Gasteiger partial charge < -0.3 is 10.4 Å². The maximum atomic E-state index is 12.3. The molecule has 3 rings (SSSR count). The maximum absolute atomic E-state index is 12.3. The first-order chi connectivity index (χ1) is 10.8. The third-order valence-corrected chi connectivity index (χ3v) is 4.25. The van der Waals surface area contributed by atoms with Crippen molar-refractivity contribution in [1.29, 1.82) is 0 Å². The Labute approximate surface area is 131 Å². The number of rotatable bonds is 6. The molecule has 3 heteroatoms. The first kappa shape index (κ1) is 14.8. The highest BCUT2D eigenvalue weighted by molar-refractivity contribution is 5.83. The van der Waals surface area contributed by atoms with E-state index in [0.29, 0.717) is 12.3 Å². The molecule has 2 aromatic carbocycles. The summed E-state index contributed by atoms with van der Waals surface area (Å²) in [6.45, 7) is -0.0383. The Hall–Kier alpha value is -2.13. The van der Waals surface area contributed by atoms with Crippen molar-refractivity contribution in [3.05, 3.63) is 71.8 Å². The monoisotopic (exact) mass is 295 g/mol. The molecule has 1 aliphatic rings. The number of amides is 1. The average Bonchev–Trinajstić information content (AvgIpc) is 3.37. The molecule has 0 aromatic heterocycles. The lowest BCUT2D eigenvalue weighted by atomic mass is 10.1. The summed E-state index contributed by atoms with van der Waals surface area (Å²) in [4.78, 5) is 12.3. The Bertz CT molecular complexity index is 612. The molecule has 0 bridgehead atoms. The van der Waals surface area contributed by atoms with Gasteiger partial charge in [-0.15, -0.1) is 0 Å². The van der Waals surface area contributed by atoms with Crippen LogP contribution in [0.3, 0.4) is 0 Å². The van der Waals surface area contributed by atoms with E-state index in [1.165, 1.54) is 5.56 Å². The summed E-state index contributed by atoms with van der Waals surface area (Å²) in [6, 6.07) is 19.9. The zero-order chi connectivity index (χ0) is 15.4. The number of nitrogens with one attached hydrogen (secondary N) is 1. The van der Waals surface area contributed by atoms with E-state index in [9.17, 15) is 9.90 Å². The van der Waals surface area contributed by atoms with Crippen LogP contribution in [0.1, 0.15) is 23.5 Å². The van der Waals surface area contributed by atoms with Crippen LogP contribution in [0.2, 0.25) is 0 Å². The van der Waals surface area contributed by atoms with Crippen molar-refractivity contribution < 1.29 is 9.90 Å². The molecule has 0 radical (unpaired) electrons. The lowest BCUT2D eigenvalue weighted by Crippen LogP contribution is -2.40. The minimum atomic E-state index is -0.216. The number of benzene rings is 2. The van der Waals surface area contributed by atoms with Crippen LogP contribution < -0.4 is 5.32 Å². The van der Waals surface area contributed by atoms with E-state index in [-0.39, 0.29) is 24.5 Å². The lowest BCUT2D eigenvalue weighted by Gasteiger charge is -2.16. The maximum Gasteiger partial charge on any atom is 0.224 e. The van der Waals surface area contributed by atoms with E-state index >= 15 is 0 Å². The van der Waals surface area contributed by atoms with Gasteiger partial charge in [0.15, 0.2) is 0 Å². The SMILES string of the molecule is O=C(NC(CO)Cc1ccccc1)[C@@H]1CC1c1ccccc1. The summed E-state index contributed by atoms with van der Waals surface area (Å²) in [5.41, 5.74) is 2.35. The molecule has 0 spiro atoms. The highest BCUT2D eigenvalue weighted by atomic mass is 16.3. The van der Waals surface area contributed by atoms with Gasteiger partial charge in [-0.05, 0) is 29.9 Å². The first-order valence-electron chi connectivity index (χ1n) is 7.78. The standard InChI is InChI=1S/C19H21NO2/c21-13-16(11-14-7-3-1-4-8-14)20-19(22)18-12-17(18)15-9-5-2-6-10-15/h1-10,16-18,21H,11-13H2,(H,20,22)/t16?,17?,18-/m1/s1. The van der Waals surface area contributed by atoms with Gasteiger partial charge in [0.2, 0.25) is 5.91 Å². The van der Waals surface area contributed by atoms with E-state index < -0.39 is 0 Å². The molecule has 1 aliphatic carbocycles. The summed E-state index contributed by atoms with van der Waals surface area (Å²) >= 11 is 0. The zero-order valence-corrected chi connectivity index (χ0v) is 12.5. The van der Waals surface area contributed by atoms with Crippen LogP contribution in [0, 0.1) is 5.92 Å². The summed E-state index contributed by atoms with van der Waals surface area (Å²) in [5, 5.41) is 12.5. The summed E-state index contributed by atoms with van der Waals surface area (Å²) in [6.07, 6.45) is 1.56. The Morgan fingerprint density at radius 3 is 2.36 bits per heavy atom. The smallest absolute Gasteiger partial charge is 0.224 e. The Morgan fingerprint density at radius 1 is 1.09 bits per heavy atom. The molecule has 0 saturated heterocycles. The predicted molar refractivity (Wildman–Crippen MR) is 86.5 cm³/mol. The van der Waals surface area contributed by atoms with Crippen LogP contribution in [0.4, 0.5) is 0 Å². The fourth-order valence-corrected chi connectivity index (χ4v) is 2.92. The quantitative estimate of drug-likeness (QED) is 0.860. The molecule has 22 heavy (non-hydrogen) atoms. The molecule has 3 atom stereocenters. The Morgan fingerprint density at radius 2 is 1.73 bits per heavy atom. The average molecular weight is 295 g/mol. The van der Waals surface area contributed by atoms with Gasteiger partial charge in [0.1, 0.15) is 0 Å². The third-order valence-electron chi connectivity index (χ3n) is 4.25. The van der Waals surface area contributed by atoms with Crippen LogP contribution in [-0.4, -0.2) is 23.7 Å². The second-order valence-electron chi connectivity index (χ2n) is 5.94. The second kappa shape index (κ2) is 6.75. The molecule has 2 N–H and O–H groups in total. The highest BCUT2D eigenvalue weighted by Gasteiger charge is 2.44. The van der Waals surface area contributed by atoms with Gasteiger partial charge in [0.25, 0.3) is 0 Å². The molecule has 2 unspecified atom stereocenters. The minimum Gasteiger partial charge on any atom is -0.394 e. The molecule has 1 saturated carbocycles. The predicted octanol–water partition coefficient (Wildman–Crippen LogP) is 2.51. The molecule has 1 fully saturated rings. The lowest BCUT2D eigenvalue weighted by molar-refractivity contribution is -0.123. The van der Waals surface area contributed by atoms with Gasteiger partial charge in [-0.2, -0.15) is 0 Å². The number of hydrogen-bond donors (Lipinski definition) is 2. The van der Waals surface area contributed by atoms with Crippen molar-refractivity contribution in [3.63, 3.8) is 0 Å². The first-order valence-corrected chi connectivity index (χ1v) is 7.78. The molecule has 2 aromatic rings. The van der Waals surface area contributed by atoms with Gasteiger partial charge in [0.05, 0.1) is 12.6 Å². The summed E-state index contributed by atoms with van der Waals surface area (Å²) < 4.78 is 0. The van der Waals surface area contributed by atoms with Crippen LogP contribution in [0.15, 0.2) is 60.7 Å². The van der Waals surface area contributed by atoms with Crippen molar-refractivity contribution in [1.82, 2.24) is 5.32 Å². The summed E-state index contributed by atoms with van der Waals surface area (Å²) in [7, 11) is 0. The Balaban J connectivity index is 1.55. The zero-order valence-electron chi connectivity index (χ0n) is 12.5. The van der Waals surface area contributed by atoms with Crippen molar-refractivity contribution in [2.45, 2.75) is 24.8 Å². The van der Waals surface area contributed by atoms with E-state index in [2.05, 4.69) is 17.4 Å². The molecular formula is C19H21NO2. The highest BCUT2D eigenvalue weighted by Crippen LogP contribution is 2.47. The molecule has 0 aliphatic heterocycles. The number of carbonyl (C=O) groups excluding carboxylic acids is 1. The number of aliphatic hydroxyl groups excluding tert-OH is 1. The van der Waals surface area contributed by atoms with Crippen molar-refractivity contribution in [3.8, 4) is 0 Å². The molecule has 1 amide bonds. The van der Waals surface area contributed by atoms with Crippen LogP contribution in [0.25, 0.3) is 0 Å². The Kier molecular flexibility index (Phi) is 4.54. The minimum absolute atomic E-state index is 0.0383. The molecule has 3 nitrogen and oxygen atoms in total. The van der Waals surface area contributed by atoms with Gasteiger partial charge in [-0.25, -0.2) is 0 Å². The van der Waals surface area contributed by atoms with Crippen LogP contribution >= 0.6 is 0 Å². The fourth-order valence-electron chi connectivity index (χ4n) is 2.92. The van der Waals surface area contributed by atoms with Gasteiger partial charge in [-0.3, -0.25) is 4.79 Å². The number of hydrogen-bond acceptors (Lipinski definition) is 2. The molecule has 0 heterocycles. The van der Waals surface area contributed by atoms with Gasteiger partial charge >= 0.3 is 0 Å².